The number of hydrogen-bond acceptors (Lipinski definition) is 5. The lowest BCUT2D eigenvalue weighted by atomic mass is 10.1. The molecular weight excluding hydrogens is 424 g/mol. The number of halogens is 1. The van der Waals surface area contributed by atoms with E-state index in [9.17, 15) is 4.79 Å². The Balaban J connectivity index is 1.75. The van der Waals surface area contributed by atoms with Crippen LogP contribution in [0.15, 0.2) is 72.0 Å². The van der Waals surface area contributed by atoms with Crippen molar-refractivity contribution >= 4 is 39.4 Å². The third kappa shape index (κ3) is 3.13. The Hall–Kier alpha value is -3.71. The molecule has 0 N–H and O–H groups in total. The molecule has 0 saturated heterocycles. The molecule has 0 aliphatic rings. The summed E-state index contributed by atoms with van der Waals surface area (Å²) in [4.78, 5) is 29.0. The fraction of sp³-hybridized carbons (Fsp3) is 0.167. The van der Waals surface area contributed by atoms with Crippen LogP contribution in [0.25, 0.3) is 27.6 Å². The highest BCUT2D eigenvalue weighted by Crippen LogP contribution is 2.31. The first-order valence-corrected chi connectivity index (χ1v) is 10.6. The molecule has 3 heterocycles. The van der Waals surface area contributed by atoms with Gasteiger partial charge in [0, 0.05) is 25.5 Å². The van der Waals surface area contributed by atoms with Gasteiger partial charge < -0.3 is 9.47 Å². The number of benzene rings is 2. The number of pyridine rings is 1. The van der Waals surface area contributed by atoms with Crippen LogP contribution in [0.2, 0.25) is 5.02 Å². The highest BCUT2D eigenvalue weighted by Gasteiger charge is 2.23. The Bertz CT molecular complexity index is 1510. The van der Waals surface area contributed by atoms with Crippen molar-refractivity contribution in [3.8, 4) is 5.69 Å². The van der Waals surface area contributed by atoms with Gasteiger partial charge in [-0.15, -0.1) is 0 Å². The zero-order chi connectivity index (χ0) is 22.4. The number of aromatic nitrogens is 5. The monoisotopic (exact) mass is 444 g/mol. The van der Waals surface area contributed by atoms with Gasteiger partial charge in [0.1, 0.15) is 6.33 Å². The van der Waals surface area contributed by atoms with Gasteiger partial charge in [0.25, 0.3) is 5.56 Å². The maximum atomic E-state index is 13.7. The Labute approximate surface area is 189 Å². The third-order valence-corrected chi connectivity index (χ3v) is 6.17. The largest absolute Gasteiger partial charge is 0.349 e. The van der Waals surface area contributed by atoms with Gasteiger partial charge in [-0.3, -0.25) is 9.36 Å². The summed E-state index contributed by atoms with van der Waals surface area (Å²) in [6.45, 7) is 2.04. The average Bonchev–Trinajstić information content (AvgIpc) is 3.19. The number of anilines is 1. The van der Waals surface area contributed by atoms with Gasteiger partial charge in [0.15, 0.2) is 17.0 Å². The Morgan fingerprint density at radius 3 is 2.59 bits per heavy atom. The number of hydrogen-bond donors (Lipinski definition) is 0. The molecular formula is C24H21ClN6O. The van der Waals surface area contributed by atoms with Crippen LogP contribution in [-0.4, -0.2) is 31.1 Å². The smallest absolute Gasteiger partial charge is 0.264 e. The van der Waals surface area contributed by atoms with Crippen LogP contribution < -0.4 is 10.5 Å². The molecule has 0 fully saturated rings. The molecule has 0 bridgehead atoms. The highest BCUT2D eigenvalue weighted by molar-refractivity contribution is 6.35. The molecule has 0 unspecified atom stereocenters. The molecule has 2 aromatic carbocycles. The van der Waals surface area contributed by atoms with Crippen LogP contribution in [0.1, 0.15) is 18.7 Å². The maximum Gasteiger partial charge on any atom is 0.264 e. The topological polar surface area (TPSA) is 68.8 Å². The first kappa shape index (κ1) is 20.2. The zero-order valence-electron chi connectivity index (χ0n) is 17.9. The first-order chi connectivity index (χ1) is 15.5. The van der Waals surface area contributed by atoms with E-state index in [1.807, 2.05) is 79.0 Å². The van der Waals surface area contributed by atoms with E-state index in [1.165, 1.54) is 6.33 Å². The van der Waals surface area contributed by atoms with Crippen molar-refractivity contribution in [2.24, 2.45) is 7.05 Å². The van der Waals surface area contributed by atoms with E-state index in [0.29, 0.717) is 21.7 Å². The molecule has 5 rings (SSSR count). The minimum Gasteiger partial charge on any atom is -0.349 e. The molecule has 0 spiro atoms. The fourth-order valence-electron chi connectivity index (χ4n) is 4.06. The van der Waals surface area contributed by atoms with Crippen LogP contribution in [0, 0.1) is 0 Å². The van der Waals surface area contributed by atoms with E-state index in [1.54, 1.807) is 17.0 Å². The predicted octanol–water partition coefficient (Wildman–Crippen LogP) is 4.52. The van der Waals surface area contributed by atoms with Crippen molar-refractivity contribution in [2.45, 2.75) is 13.0 Å². The Morgan fingerprint density at radius 1 is 1.03 bits per heavy atom. The lowest BCUT2D eigenvalue weighted by Gasteiger charge is -2.29. The molecule has 32 heavy (non-hydrogen) atoms. The second-order valence-corrected chi connectivity index (χ2v) is 8.17. The summed E-state index contributed by atoms with van der Waals surface area (Å²) in [5.74, 6) is 0.696. The minimum absolute atomic E-state index is 0.153. The zero-order valence-corrected chi connectivity index (χ0v) is 18.7. The molecule has 7 nitrogen and oxygen atoms in total. The summed E-state index contributed by atoms with van der Waals surface area (Å²) in [7, 11) is 3.85. The second kappa shape index (κ2) is 7.76. The van der Waals surface area contributed by atoms with Crippen molar-refractivity contribution in [2.75, 3.05) is 11.9 Å². The van der Waals surface area contributed by atoms with Crippen molar-refractivity contribution < 1.29 is 0 Å². The fourth-order valence-corrected chi connectivity index (χ4v) is 4.33. The molecule has 0 amide bonds. The Kier molecular flexibility index (Phi) is 4.90. The normalized spacial score (nSPS) is 12.4. The van der Waals surface area contributed by atoms with E-state index in [4.69, 9.17) is 11.6 Å². The SMILES string of the molecule is C[C@@H](c1cc2cccc(Cl)c2c(=O)n1-c1ccccc1)N(C)c1ncnc2c1ncn2C. The summed E-state index contributed by atoms with van der Waals surface area (Å²) in [5, 5.41) is 1.75. The molecule has 0 aliphatic carbocycles. The summed E-state index contributed by atoms with van der Waals surface area (Å²) in [5.41, 5.74) is 2.91. The van der Waals surface area contributed by atoms with Gasteiger partial charge in [-0.05, 0) is 36.6 Å². The quantitative estimate of drug-likeness (QED) is 0.407. The second-order valence-electron chi connectivity index (χ2n) is 7.76. The van der Waals surface area contributed by atoms with Crippen LogP contribution in [-0.2, 0) is 7.05 Å². The van der Waals surface area contributed by atoms with Gasteiger partial charge in [-0.25, -0.2) is 15.0 Å². The first-order valence-electron chi connectivity index (χ1n) is 10.2. The van der Waals surface area contributed by atoms with Crippen LogP contribution >= 0.6 is 11.6 Å². The van der Waals surface area contributed by atoms with Gasteiger partial charge in [0.2, 0.25) is 0 Å². The molecule has 0 radical (unpaired) electrons. The van der Waals surface area contributed by atoms with Crippen LogP contribution in [0.3, 0.4) is 0 Å². The summed E-state index contributed by atoms with van der Waals surface area (Å²) in [6, 6.07) is 16.9. The molecule has 1 atom stereocenters. The lowest BCUT2D eigenvalue weighted by Crippen LogP contribution is -2.30. The Morgan fingerprint density at radius 2 is 1.81 bits per heavy atom. The van der Waals surface area contributed by atoms with Gasteiger partial charge >= 0.3 is 0 Å². The highest BCUT2D eigenvalue weighted by atomic mass is 35.5. The maximum absolute atomic E-state index is 13.7. The summed E-state index contributed by atoms with van der Waals surface area (Å²) < 4.78 is 3.59. The minimum atomic E-state index is -0.202. The summed E-state index contributed by atoms with van der Waals surface area (Å²) in [6.07, 6.45) is 3.26. The van der Waals surface area contributed by atoms with E-state index in [2.05, 4.69) is 15.0 Å². The molecule has 0 aliphatic heterocycles. The number of nitrogens with zero attached hydrogens (tertiary/aromatic N) is 6. The van der Waals surface area contributed by atoms with E-state index >= 15 is 0 Å². The van der Waals surface area contributed by atoms with Crippen molar-refractivity contribution in [1.82, 2.24) is 24.1 Å². The summed E-state index contributed by atoms with van der Waals surface area (Å²) >= 11 is 6.43. The number of rotatable bonds is 4. The molecule has 0 saturated carbocycles. The molecule has 8 heteroatoms. The molecule has 5 aromatic rings. The third-order valence-electron chi connectivity index (χ3n) is 5.86. The standard InChI is InChI=1S/C24H21ClN6O/c1-15(30(3)23-21-22(26-13-27-23)29(2)14-28-21)19-12-16-8-7-11-18(25)20(16)24(32)31(19)17-9-5-4-6-10-17/h4-15H,1-3H3/t15-/m0/s1. The van der Waals surface area contributed by atoms with Gasteiger partial charge in [0.05, 0.1) is 22.8 Å². The van der Waals surface area contributed by atoms with E-state index in [0.717, 1.165) is 22.4 Å². The van der Waals surface area contributed by atoms with Gasteiger partial charge in [-0.2, -0.15) is 0 Å². The lowest BCUT2D eigenvalue weighted by molar-refractivity contribution is 0.677. The van der Waals surface area contributed by atoms with Crippen LogP contribution in [0.4, 0.5) is 5.82 Å². The number of fused-ring (bicyclic) bond motifs is 2. The predicted molar refractivity (Wildman–Crippen MR) is 128 cm³/mol. The van der Waals surface area contributed by atoms with Crippen molar-refractivity contribution in [1.29, 1.82) is 0 Å². The molecule has 160 valence electrons. The van der Waals surface area contributed by atoms with E-state index < -0.39 is 0 Å². The van der Waals surface area contributed by atoms with Crippen molar-refractivity contribution in [3.05, 3.63) is 88.3 Å². The van der Waals surface area contributed by atoms with Gasteiger partial charge in [-0.1, -0.05) is 41.9 Å². The molecule has 3 aromatic heterocycles. The van der Waals surface area contributed by atoms with Crippen LogP contribution in [0.5, 0.6) is 0 Å². The number of imidazole rings is 1. The van der Waals surface area contributed by atoms with E-state index in [-0.39, 0.29) is 11.6 Å². The average molecular weight is 445 g/mol. The van der Waals surface area contributed by atoms with Crippen molar-refractivity contribution in [3.63, 3.8) is 0 Å². The number of para-hydroxylation sites is 1. The number of aryl methyl sites for hydroxylation is 1.